The smallest absolute Gasteiger partial charge is 0.312 e. The van der Waals surface area contributed by atoms with Crippen molar-refractivity contribution in [2.75, 3.05) is 21.1 Å². The van der Waals surface area contributed by atoms with Crippen molar-refractivity contribution in [2.45, 2.75) is 52.7 Å². The molecule has 0 saturated heterocycles. The van der Waals surface area contributed by atoms with Crippen molar-refractivity contribution in [3.8, 4) is 5.75 Å². The molecule has 3 rings (SSSR count). The van der Waals surface area contributed by atoms with Crippen molar-refractivity contribution >= 4 is 17.7 Å². The summed E-state index contributed by atoms with van der Waals surface area (Å²) in [5.74, 6) is -3.33. The number of carbonyl (C=O) groups is 3. The summed E-state index contributed by atoms with van der Waals surface area (Å²) in [7, 11) is 4.36. The van der Waals surface area contributed by atoms with Crippen molar-refractivity contribution < 1.29 is 23.9 Å². The number of carbonyl (C=O) groups excluding carboxylic acids is 3. The topological polar surface area (TPSA) is 125 Å². The summed E-state index contributed by atoms with van der Waals surface area (Å²) in [6, 6.07) is 3.64. The van der Waals surface area contributed by atoms with E-state index in [4.69, 9.17) is 0 Å². The predicted molar refractivity (Wildman–Crippen MR) is 127 cm³/mol. The summed E-state index contributed by atoms with van der Waals surface area (Å²) in [6.45, 7) is 1.88. The number of nitrogens with one attached hydrogen (secondary N) is 1. The minimum Gasteiger partial charge on any atom is -0.501 e. The molecule has 2 aromatic rings. The lowest BCUT2D eigenvalue weighted by atomic mass is 10.1. The molecule has 1 aliphatic rings. The minimum atomic E-state index is -0.796. The van der Waals surface area contributed by atoms with Crippen LogP contribution < -0.4 is 10.9 Å². The fourth-order valence-electron chi connectivity index (χ4n) is 3.86. The van der Waals surface area contributed by atoms with Gasteiger partial charge in [0.15, 0.2) is 5.69 Å². The number of benzene rings is 1. The lowest BCUT2D eigenvalue weighted by molar-refractivity contribution is -0.151. The largest absolute Gasteiger partial charge is 0.501 e. The normalized spacial score (nSPS) is 14.7. The molecule has 0 spiro atoms. The summed E-state index contributed by atoms with van der Waals surface area (Å²) < 4.78 is 14.7. The van der Waals surface area contributed by atoms with E-state index in [1.54, 1.807) is 13.0 Å². The highest BCUT2D eigenvalue weighted by Gasteiger charge is 2.33. The molecule has 11 heteroatoms. The first kappa shape index (κ1) is 27.5. The third kappa shape index (κ3) is 5.67. The Morgan fingerprint density at radius 3 is 2.51 bits per heavy atom. The van der Waals surface area contributed by atoms with Crippen molar-refractivity contribution in [2.24, 2.45) is 0 Å². The quantitative estimate of drug-likeness (QED) is 0.631. The zero-order valence-electron chi connectivity index (χ0n) is 19.6. The Bertz CT molecular complexity index is 1190. The lowest BCUT2D eigenvalue weighted by Crippen LogP contribution is -2.43. The number of rotatable bonds is 4. The number of aromatic hydroxyl groups is 1. The molecule has 1 atom stereocenters. The Morgan fingerprint density at radius 2 is 1.89 bits per heavy atom. The van der Waals surface area contributed by atoms with Gasteiger partial charge in [0.2, 0.25) is 5.75 Å². The maximum atomic E-state index is 13.5. The Labute approximate surface area is 203 Å². The van der Waals surface area contributed by atoms with E-state index in [9.17, 15) is 28.7 Å². The van der Waals surface area contributed by atoms with Crippen LogP contribution in [0.2, 0.25) is 0 Å². The number of fused-ring (bicyclic) bond motifs is 1. The van der Waals surface area contributed by atoms with Crippen molar-refractivity contribution in [3.63, 3.8) is 0 Å². The number of halogens is 1. The highest BCUT2D eigenvalue weighted by molar-refractivity contribution is 6.34. The first-order valence-corrected chi connectivity index (χ1v) is 10.9. The van der Waals surface area contributed by atoms with Gasteiger partial charge in [-0.1, -0.05) is 19.6 Å². The van der Waals surface area contributed by atoms with Crippen LogP contribution in [0.4, 0.5) is 4.39 Å². The van der Waals surface area contributed by atoms with Crippen LogP contribution in [0.15, 0.2) is 23.0 Å². The van der Waals surface area contributed by atoms with Gasteiger partial charge in [0.1, 0.15) is 11.6 Å². The Balaban J connectivity index is 0.00000432. The molecular weight excluding hydrogens is 457 g/mol. The van der Waals surface area contributed by atoms with Gasteiger partial charge in [-0.15, -0.1) is 0 Å². The first-order chi connectivity index (χ1) is 16.0. The maximum Gasteiger partial charge on any atom is 0.312 e. The monoisotopic (exact) mass is 489 g/mol. The van der Waals surface area contributed by atoms with Gasteiger partial charge in [-0.3, -0.25) is 23.7 Å². The molecule has 0 saturated carbocycles. The van der Waals surface area contributed by atoms with Crippen LogP contribution >= 0.6 is 0 Å². The molecule has 0 fully saturated rings. The van der Waals surface area contributed by atoms with Crippen LogP contribution in [-0.4, -0.2) is 63.3 Å². The summed E-state index contributed by atoms with van der Waals surface area (Å²) in [4.78, 5) is 57.2. The molecule has 1 aromatic carbocycles. The SMILES string of the molecule is C.Cc1cc(CNC(=O)c2nc3n(c(=O)c2O)CCCCC3N(C)C(=O)C(=O)N(C)C)ccc1F. The van der Waals surface area contributed by atoms with Crippen LogP contribution in [0.25, 0.3) is 0 Å². The van der Waals surface area contributed by atoms with Gasteiger partial charge in [-0.2, -0.15) is 0 Å². The Morgan fingerprint density at radius 1 is 1.20 bits per heavy atom. The molecule has 0 radical (unpaired) electrons. The van der Waals surface area contributed by atoms with Gasteiger partial charge in [-0.05, 0) is 43.4 Å². The number of aryl methyl sites for hydroxylation is 1. The predicted octanol–water partition coefficient (Wildman–Crippen LogP) is 1.73. The molecule has 10 nitrogen and oxygen atoms in total. The molecule has 190 valence electrons. The van der Waals surface area contributed by atoms with Gasteiger partial charge in [-0.25, -0.2) is 9.37 Å². The summed E-state index contributed by atoms with van der Waals surface area (Å²) in [5, 5.41) is 13.0. The number of nitrogens with zero attached hydrogens (tertiary/aromatic N) is 4. The molecule has 2 N–H and O–H groups in total. The van der Waals surface area contributed by atoms with Crippen molar-refractivity contribution in [1.82, 2.24) is 24.7 Å². The van der Waals surface area contributed by atoms with Crippen molar-refractivity contribution in [1.29, 1.82) is 0 Å². The molecule has 1 aromatic heterocycles. The summed E-state index contributed by atoms with van der Waals surface area (Å²) in [6.07, 6.45) is 1.67. The van der Waals surface area contributed by atoms with E-state index in [1.807, 2.05) is 0 Å². The van der Waals surface area contributed by atoms with Crippen LogP contribution in [-0.2, 0) is 22.7 Å². The zero-order chi connectivity index (χ0) is 25.2. The fourth-order valence-corrected chi connectivity index (χ4v) is 3.86. The zero-order valence-corrected chi connectivity index (χ0v) is 19.6. The van der Waals surface area contributed by atoms with Gasteiger partial charge in [0, 0.05) is 34.2 Å². The first-order valence-electron chi connectivity index (χ1n) is 10.9. The highest BCUT2D eigenvalue weighted by Crippen LogP contribution is 2.28. The second kappa shape index (κ2) is 11.1. The van der Waals surface area contributed by atoms with E-state index >= 15 is 0 Å². The van der Waals surface area contributed by atoms with Gasteiger partial charge < -0.3 is 20.2 Å². The standard InChI is InChI=1S/C23H28FN5O5.CH4/c1-13-11-14(8-9-15(13)24)12-25-20(31)17-18(30)21(32)29-10-6-5-7-16(19(29)26-17)28(4)23(34)22(33)27(2)3;/h8-9,11,16,30H,5-7,10,12H2,1-4H3,(H,25,31);1H4. The van der Waals surface area contributed by atoms with E-state index in [1.165, 1.54) is 42.7 Å². The third-order valence-corrected chi connectivity index (χ3v) is 5.85. The molecule has 1 unspecified atom stereocenters. The average Bonchev–Trinajstić information content (AvgIpc) is 3.02. The van der Waals surface area contributed by atoms with E-state index in [-0.39, 0.29) is 32.2 Å². The Hall–Kier alpha value is -3.76. The molecule has 0 bridgehead atoms. The molecule has 0 aliphatic carbocycles. The molecule has 3 amide bonds. The summed E-state index contributed by atoms with van der Waals surface area (Å²) in [5.41, 5.74) is -0.219. The average molecular weight is 490 g/mol. The van der Waals surface area contributed by atoms with E-state index in [2.05, 4.69) is 10.3 Å². The maximum absolute atomic E-state index is 13.5. The van der Waals surface area contributed by atoms with E-state index in [0.717, 1.165) is 4.90 Å². The lowest BCUT2D eigenvalue weighted by Gasteiger charge is -2.28. The van der Waals surface area contributed by atoms with Crippen LogP contribution in [0.5, 0.6) is 5.75 Å². The number of likely N-dealkylation sites (N-methyl/N-ethyl adjacent to an activating group) is 2. The van der Waals surface area contributed by atoms with Crippen molar-refractivity contribution in [3.05, 3.63) is 57.0 Å². The van der Waals surface area contributed by atoms with E-state index < -0.39 is 40.8 Å². The fraction of sp³-hybridized carbons (Fsp3) is 0.458. The molecule has 2 heterocycles. The number of aromatic nitrogens is 2. The number of hydrogen-bond acceptors (Lipinski definition) is 6. The van der Waals surface area contributed by atoms with Crippen LogP contribution in [0.3, 0.4) is 0 Å². The van der Waals surface area contributed by atoms with Crippen LogP contribution in [0.1, 0.15) is 60.2 Å². The second-order valence-electron chi connectivity index (χ2n) is 8.52. The van der Waals surface area contributed by atoms with Gasteiger partial charge in [0.05, 0.1) is 6.04 Å². The second-order valence-corrected chi connectivity index (χ2v) is 8.52. The van der Waals surface area contributed by atoms with Crippen LogP contribution in [0, 0.1) is 12.7 Å². The summed E-state index contributed by atoms with van der Waals surface area (Å²) >= 11 is 0. The minimum absolute atomic E-state index is 0. The number of amides is 3. The molecule has 1 aliphatic heterocycles. The number of hydrogen-bond donors (Lipinski definition) is 2. The molecule has 35 heavy (non-hydrogen) atoms. The Kier molecular flexibility index (Phi) is 8.72. The third-order valence-electron chi connectivity index (χ3n) is 5.85. The molecular formula is C24H32FN5O5. The van der Waals surface area contributed by atoms with Gasteiger partial charge in [0.25, 0.3) is 11.5 Å². The van der Waals surface area contributed by atoms with Gasteiger partial charge >= 0.3 is 11.8 Å². The van der Waals surface area contributed by atoms with E-state index in [0.29, 0.717) is 30.4 Å². The highest BCUT2D eigenvalue weighted by atomic mass is 19.1.